The molecule has 0 aliphatic carbocycles. The van der Waals surface area contributed by atoms with Crippen LogP contribution in [0.25, 0.3) is 10.6 Å². The number of aliphatic carboxylic acids is 1. The number of alkyl halides is 3. The number of nitrogens with zero attached hydrogens (tertiary/aromatic N) is 1. The van der Waals surface area contributed by atoms with Crippen LogP contribution in [0.3, 0.4) is 0 Å². The first-order valence-electron chi connectivity index (χ1n) is 11.1. The normalized spacial score (nSPS) is 12.2. The van der Waals surface area contributed by atoms with Crippen molar-refractivity contribution in [3.8, 4) is 22.1 Å². The Labute approximate surface area is 219 Å². The van der Waals surface area contributed by atoms with Crippen LogP contribution in [-0.2, 0) is 11.0 Å². The van der Waals surface area contributed by atoms with Crippen molar-refractivity contribution in [3.05, 3.63) is 95.0 Å². The summed E-state index contributed by atoms with van der Waals surface area (Å²) in [7, 11) is 0. The number of thiazole rings is 1. The summed E-state index contributed by atoms with van der Waals surface area (Å²) in [6.07, 6.45) is -2.67. The highest BCUT2D eigenvalue weighted by molar-refractivity contribution is 7.99. The van der Waals surface area contributed by atoms with Crippen LogP contribution in [0.15, 0.2) is 83.9 Å². The third-order valence-electron chi connectivity index (χ3n) is 5.22. The number of aromatic nitrogens is 1. The zero-order valence-electron chi connectivity index (χ0n) is 19.6. The Bertz CT molecular complexity index is 1340. The van der Waals surface area contributed by atoms with E-state index in [4.69, 9.17) is 14.6 Å². The number of hydrogen-bond acceptors (Lipinski definition) is 6. The van der Waals surface area contributed by atoms with Gasteiger partial charge in [0.05, 0.1) is 10.8 Å². The monoisotopic (exact) mass is 545 g/mol. The van der Waals surface area contributed by atoms with Crippen LogP contribution in [0.2, 0.25) is 0 Å². The molecule has 0 aliphatic rings. The second kappa shape index (κ2) is 11.7. The van der Waals surface area contributed by atoms with E-state index in [-0.39, 0.29) is 5.25 Å². The van der Waals surface area contributed by atoms with E-state index >= 15 is 0 Å². The molecule has 10 heteroatoms. The molecule has 1 N–H and O–H groups in total. The molecular weight excluding hydrogens is 523 g/mol. The number of aryl methyl sites for hydroxylation is 1. The summed E-state index contributed by atoms with van der Waals surface area (Å²) >= 11 is 2.94. The second-order valence-electron chi connectivity index (χ2n) is 7.98. The van der Waals surface area contributed by atoms with Gasteiger partial charge < -0.3 is 14.6 Å². The van der Waals surface area contributed by atoms with Gasteiger partial charge in [0.2, 0.25) is 0 Å². The SMILES string of the molecule is Cc1cc(SC(COc2ccccc2)c2cnc(-c3ccc(C(F)(F)F)cc3)s2)ccc1OCC(=O)O. The Hall–Kier alpha value is -3.50. The molecule has 0 amide bonds. The number of carboxylic acids is 1. The Morgan fingerprint density at radius 3 is 2.43 bits per heavy atom. The quantitative estimate of drug-likeness (QED) is 0.208. The summed E-state index contributed by atoms with van der Waals surface area (Å²) < 4.78 is 50.1. The van der Waals surface area contributed by atoms with Crippen LogP contribution >= 0.6 is 23.1 Å². The summed E-state index contributed by atoms with van der Waals surface area (Å²) in [4.78, 5) is 17.1. The number of benzene rings is 3. The summed E-state index contributed by atoms with van der Waals surface area (Å²) in [6, 6.07) is 19.8. The first-order valence-corrected chi connectivity index (χ1v) is 12.8. The molecule has 4 aromatic rings. The lowest BCUT2D eigenvalue weighted by Crippen LogP contribution is -2.10. The van der Waals surface area contributed by atoms with E-state index in [0.717, 1.165) is 27.5 Å². The Morgan fingerprint density at radius 1 is 1.05 bits per heavy atom. The molecule has 0 saturated heterocycles. The van der Waals surface area contributed by atoms with E-state index in [1.54, 1.807) is 24.0 Å². The van der Waals surface area contributed by atoms with Gasteiger partial charge in [-0.3, -0.25) is 0 Å². The van der Waals surface area contributed by atoms with Crippen molar-refractivity contribution in [2.75, 3.05) is 13.2 Å². The Morgan fingerprint density at radius 2 is 1.78 bits per heavy atom. The molecule has 4 rings (SSSR count). The minimum atomic E-state index is -4.39. The highest BCUT2D eigenvalue weighted by Gasteiger charge is 2.30. The molecular formula is C27H22F3NO4S2. The van der Waals surface area contributed by atoms with Gasteiger partial charge in [-0.15, -0.1) is 23.1 Å². The van der Waals surface area contributed by atoms with Gasteiger partial charge in [-0.1, -0.05) is 30.3 Å². The second-order valence-corrected chi connectivity index (χ2v) is 10.3. The van der Waals surface area contributed by atoms with Gasteiger partial charge >= 0.3 is 12.1 Å². The molecule has 0 aliphatic heterocycles. The Balaban J connectivity index is 1.56. The van der Waals surface area contributed by atoms with Crippen LogP contribution in [-0.4, -0.2) is 29.3 Å². The minimum absolute atomic E-state index is 0.161. The number of ether oxygens (including phenoxy) is 2. The predicted molar refractivity (Wildman–Crippen MR) is 137 cm³/mol. The lowest BCUT2D eigenvalue weighted by Gasteiger charge is -2.17. The number of carboxylic acid groups (broad SMARTS) is 1. The van der Waals surface area contributed by atoms with Crippen LogP contribution in [0, 0.1) is 6.92 Å². The molecule has 0 radical (unpaired) electrons. The molecule has 1 aromatic heterocycles. The molecule has 3 aromatic carbocycles. The van der Waals surface area contributed by atoms with Crippen LogP contribution in [0.4, 0.5) is 13.2 Å². The molecule has 37 heavy (non-hydrogen) atoms. The minimum Gasteiger partial charge on any atom is -0.492 e. The predicted octanol–water partition coefficient (Wildman–Crippen LogP) is 7.51. The smallest absolute Gasteiger partial charge is 0.416 e. The van der Waals surface area contributed by atoms with E-state index in [1.165, 1.54) is 23.5 Å². The van der Waals surface area contributed by atoms with Crippen LogP contribution < -0.4 is 9.47 Å². The van der Waals surface area contributed by atoms with E-state index in [1.807, 2.05) is 49.4 Å². The number of hydrogen-bond donors (Lipinski definition) is 1. The van der Waals surface area contributed by atoms with Gasteiger partial charge in [-0.2, -0.15) is 13.2 Å². The molecule has 1 atom stereocenters. The number of thioether (sulfide) groups is 1. The van der Waals surface area contributed by atoms with Gasteiger partial charge in [-0.25, -0.2) is 9.78 Å². The third-order valence-corrected chi connectivity index (χ3v) is 7.73. The van der Waals surface area contributed by atoms with Gasteiger partial charge in [0.15, 0.2) is 6.61 Å². The summed E-state index contributed by atoms with van der Waals surface area (Å²) in [6.45, 7) is 1.75. The standard InChI is InChI=1S/C27H22F3NO4S2/c1-17-13-21(11-12-22(17)35-16-25(32)33)36-24(15-34-20-5-3-2-4-6-20)23-14-31-26(37-23)18-7-9-19(10-8-18)27(28,29)30/h2-14,24H,15-16H2,1H3,(H,32,33). The van der Waals surface area contributed by atoms with Crippen molar-refractivity contribution in [2.45, 2.75) is 23.2 Å². The fourth-order valence-electron chi connectivity index (χ4n) is 3.39. The van der Waals surface area contributed by atoms with Crippen LogP contribution in [0.5, 0.6) is 11.5 Å². The number of carbonyl (C=O) groups is 1. The molecule has 0 spiro atoms. The van der Waals surface area contributed by atoms with Crippen molar-refractivity contribution < 1.29 is 32.5 Å². The fourth-order valence-corrected chi connectivity index (χ4v) is 5.60. The fraction of sp³-hybridized carbons (Fsp3) is 0.185. The zero-order chi connectivity index (χ0) is 26.4. The summed E-state index contributed by atoms with van der Waals surface area (Å²) in [5, 5.41) is 9.31. The van der Waals surface area contributed by atoms with Crippen molar-refractivity contribution in [2.24, 2.45) is 0 Å². The summed E-state index contributed by atoms with van der Waals surface area (Å²) in [5.41, 5.74) is 0.695. The highest BCUT2D eigenvalue weighted by atomic mass is 32.2. The van der Waals surface area contributed by atoms with Gasteiger partial charge in [0.1, 0.15) is 23.1 Å². The van der Waals surface area contributed by atoms with Gasteiger partial charge in [-0.05, 0) is 55.0 Å². The molecule has 0 saturated carbocycles. The van der Waals surface area contributed by atoms with Crippen molar-refractivity contribution in [1.82, 2.24) is 4.98 Å². The van der Waals surface area contributed by atoms with E-state index in [2.05, 4.69) is 4.98 Å². The largest absolute Gasteiger partial charge is 0.492 e. The van der Waals surface area contributed by atoms with Gasteiger partial charge in [0, 0.05) is 21.5 Å². The topological polar surface area (TPSA) is 68.7 Å². The van der Waals surface area contributed by atoms with E-state index < -0.39 is 24.3 Å². The maximum atomic E-state index is 12.9. The van der Waals surface area contributed by atoms with Gasteiger partial charge in [0.25, 0.3) is 0 Å². The number of rotatable bonds is 10. The highest BCUT2D eigenvalue weighted by Crippen LogP contribution is 2.41. The lowest BCUT2D eigenvalue weighted by atomic mass is 10.1. The maximum Gasteiger partial charge on any atom is 0.416 e. The maximum absolute atomic E-state index is 12.9. The zero-order valence-corrected chi connectivity index (χ0v) is 21.2. The summed E-state index contributed by atoms with van der Waals surface area (Å²) in [5.74, 6) is 0.158. The number of para-hydroxylation sites is 1. The Kier molecular flexibility index (Phi) is 8.40. The molecule has 1 unspecified atom stereocenters. The molecule has 0 bridgehead atoms. The average molecular weight is 546 g/mol. The van der Waals surface area contributed by atoms with Crippen molar-refractivity contribution in [1.29, 1.82) is 0 Å². The van der Waals surface area contributed by atoms with Crippen LogP contribution in [0.1, 0.15) is 21.3 Å². The molecule has 1 heterocycles. The first-order chi connectivity index (χ1) is 17.7. The van der Waals surface area contributed by atoms with Crippen molar-refractivity contribution >= 4 is 29.1 Å². The van der Waals surface area contributed by atoms with E-state index in [9.17, 15) is 18.0 Å². The van der Waals surface area contributed by atoms with E-state index in [0.29, 0.717) is 28.7 Å². The first kappa shape index (κ1) is 26.6. The number of halogens is 3. The van der Waals surface area contributed by atoms with Crippen molar-refractivity contribution in [3.63, 3.8) is 0 Å². The third kappa shape index (κ3) is 7.27. The molecule has 5 nitrogen and oxygen atoms in total. The molecule has 192 valence electrons. The lowest BCUT2D eigenvalue weighted by molar-refractivity contribution is -0.139. The average Bonchev–Trinajstić information content (AvgIpc) is 3.36. The molecule has 0 fully saturated rings.